The zero-order chi connectivity index (χ0) is 14.2. The summed E-state index contributed by atoms with van der Waals surface area (Å²) in [5, 5.41) is 5.38. The van der Waals surface area contributed by atoms with E-state index in [1.54, 1.807) is 48.9 Å². The molecule has 0 aliphatic carbocycles. The van der Waals surface area contributed by atoms with E-state index in [0.29, 0.717) is 24.3 Å². The summed E-state index contributed by atoms with van der Waals surface area (Å²) in [5.41, 5.74) is 0.893. The van der Waals surface area contributed by atoms with Crippen LogP contribution in [0, 0.1) is 0 Å². The second kappa shape index (κ2) is 6.98. The van der Waals surface area contributed by atoms with E-state index in [9.17, 15) is 9.59 Å². The number of pyridine rings is 2. The van der Waals surface area contributed by atoms with Crippen molar-refractivity contribution in [3.63, 3.8) is 0 Å². The fraction of sp³-hybridized carbons (Fsp3) is 0.143. The Bertz CT molecular complexity index is 519. The number of carbonyl (C=O) groups is 2. The van der Waals surface area contributed by atoms with E-state index in [4.69, 9.17) is 0 Å². The van der Waals surface area contributed by atoms with Crippen LogP contribution in [0.25, 0.3) is 0 Å². The Morgan fingerprint density at radius 2 is 1.60 bits per heavy atom. The molecule has 2 aromatic heterocycles. The zero-order valence-corrected chi connectivity index (χ0v) is 10.7. The van der Waals surface area contributed by atoms with Gasteiger partial charge in [-0.3, -0.25) is 19.6 Å². The van der Waals surface area contributed by atoms with Gasteiger partial charge < -0.3 is 10.6 Å². The van der Waals surface area contributed by atoms with Crippen LogP contribution in [0.3, 0.4) is 0 Å². The van der Waals surface area contributed by atoms with E-state index in [2.05, 4.69) is 20.6 Å². The molecule has 6 nitrogen and oxygen atoms in total. The lowest BCUT2D eigenvalue weighted by Gasteiger charge is -2.06. The molecule has 2 rings (SSSR count). The first-order valence-corrected chi connectivity index (χ1v) is 6.15. The van der Waals surface area contributed by atoms with Crippen LogP contribution >= 0.6 is 0 Å². The summed E-state index contributed by atoms with van der Waals surface area (Å²) in [6.45, 7) is 0.686. The van der Waals surface area contributed by atoms with E-state index in [0.717, 1.165) is 0 Å². The predicted molar refractivity (Wildman–Crippen MR) is 73.1 cm³/mol. The second-order valence-corrected chi connectivity index (χ2v) is 3.96. The average Bonchev–Trinajstić information content (AvgIpc) is 2.53. The van der Waals surface area contributed by atoms with Crippen molar-refractivity contribution in [1.29, 1.82) is 0 Å². The molecule has 0 aliphatic heterocycles. The van der Waals surface area contributed by atoms with Gasteiger partial charge in [0, 0.05) is 37.2 Å². The van der Waals surface area contributed by atoms with Crippen molar-refractivity contribution in [3.8, 4) is 0 Å². The van der Waals surface area contributed by atoms with Crippen molar-refractivity contribution < 1.29 is 9.59 Å². The standard InChI is InChI=1S/C14H14N4O2/c19-13(11-4-7-15-8-5-11)17-9-10-18-14(20)12-3-1-2-6-16-12/h1-8H,9-10H2,(H,17,19)(H,18,20). The highest BCUT2D eigenvalue weighted by Gasteiger charge is 2.06. The molecule has 0 saturated heterocycles. The van der Waals surface area contributed by atoms with Gasteiger partial charge in [0.15, 0.2) is 0 Å². The highest BCUT2D eigenvalue weighted by atomic mass is 16.2. The first-order valence-electron chi connectivity index (χ1n) is 6.15. The number of carbonyl (C=O) groups excluding carboxylic acids is 2. The lowest BCUT2D eigenvalue weighted by molar-refractivity contribution is 0.0925. The van der Waals surface area contributed by atoms with Gasteiger partial charge in [-0.1, -0.05) is 6.07 Å². The predicted octanol–water partition coefficient (Wildman–Crippen LogP) is 0.636. The topological polar surface area (TPSA) is 84.0 Å². The molecule has 0 fully saturated rings. The van der Waals surface area contributed by atoms with Crippen LogP contribution in [-0.4, -0.2) is 34.9 Å². The number of aromatic nitrogens is 2. The minimum absolute atomic E-state index is 0.195. The van der Waals surface area contributed by atoms with E-state index in [1.807, 2.05) is 0 Å². The van der Waals surface area contributed by atoms with Crippen molar-refractivity contribution in [3.05, 3.63) is 60.2 Å². The molecule has 0 aromatic carbocycles. The van der Waals surface area contributed by atoms with Crippen molar-refractivity contribution in [2.24, 2.45) is 0 Å². The molecular weight excluding hydrogens is 256 g/mol. The Morgan fingerprint density at radius 3 is 2.25 bits per heavy atom. The van der Waals surface area contributed by atoms with Gasteiger partial charge in [-0.25, -0.2) is 0 Å². The third-order valence-electron chi connectivity index (χ3n) is 2.54. The molecule has 20 heavy (non-hydrogen) atoms. The van der Waals surface area contributed by atoms with Gasteiger partial charge in [-0.2, -0.15) is 0 Å². The maximum atomic E-state index is 11.7. The molecule has 0 bridgehead atoms. The van der Waals surface area contributed by atoms with Gasteiger partial charge in [0.1, 0.15) is 5.69 Å². The van der Waals surface area contributed by atoms with Crippen molar-refractivity contribution in [2.75, 3.05) is 13.1 Å². The lowest BCUT2D eigenvalue weighted by atomic mass is 10.2. The molecule has 2 heterocycles. The van der Waals surface area contributed by atoms with Gasteiger partial charge in [0.25, 0.3) is 11.8 Å². The van der Waals surface area contributed by atoms with Crippen molar-refractivity contribution in [1.82, 2.24) is 20.6 Å². The minimum Gasteiger partial charge on any atom is -0.350 e. The first-order chi connectivity index (χ1) is 9.77. The Kier molecular flexibility index (Phi) is 4.77. The van der Waals surface area contributed by atoms with Crippen molar-refractivity contribution >= 4 is 11.8 Å². The molecule has 2 aromatic rings. The van der Waals surface area contributed by atoms with E-state index in [-0.39, 0.29) is 11.8 Å². The van der Waals surface area contributed by atoms with Crippen LogP contribution in [0.15, 0.2) is 48.9 Å². The summed E-state index contributed by atoms with van der Waals surface area (Å²) in [6, 6.07) is 8.37. The number of nitrogens with one attached hydrogen (secondary N) is 2. The Morgan fingerprint density at radius 1 is 0.900 bits per heavy atom. The smallest absolute Gasteiger partial charge is 0.269 e. The van der Waals surface area contributed by atoms with Crippen LogP contribution in [0.1, 0.15) is 20.8 Å². The summed E-state index contributed by atoms with van der Waals surface area (Å²) >= 11 is 0. The summed E-state index contributed by atoms with van der Waals surface area (Å²) in [5.74, 6) is -0.455. The fourth-order valence-electron chi connectivity index (χ4n) is 1.55. The van der Waals surface area contributed by atoms with Gasteiger partial charge in [0.05, 0.1) is 0 Å². The number of hydrogen-bond donors (Lipinski definition) is 2. The third kappa shape index (κ3) is 3.88. The molecule has 0 unspecified atom stereocenters. The van der Waals surface area contributed by atoms with Crippen LogP contribution in [0.2, 0.25) is 0 Å². The van der Waals surface area contributed by atoms with Gasteiger partial charge in [-0.15, -0.1) is 0 Å². The summed E-state index contributed by atoms with van der Waals surface area (Å²) in [6.07, 6.45) is 4.66. The molecule has 2 amide bonds. The summed E-state index contributed by atoms with van der Waals surface area (Å²) in [7, 11) is 0. The van der Waals surface area contributed by atoms with E-state index < -0.39 is 0 Å². The van der Waals surface area contributed by atoms with Crippen LogP contribution in [0.5, 0.6) is 0 Å². The van der Waals surface area contributed by atoms with Crippen molar-refractivity contribution in [2.45, 2.75) is 0 Å². The van der Waals surface area contributed by atoms with Crippen LogP contribution in [-0.2, 0) is 0 Å². The monoisotopic (exact) mass is 270 g/mol. The maximum Gasteiger partial charge on any atom is 0.269 e. The normalized spacial score (nSPS) is 9.80. The zero-order valence-electron chi connectivity index (χ0n) is 10.7. The molecule has 0 radical (unpaired) electrons. The highest BCUT2D eigenvalue weighted by Crippen LogP contribution is 1.95. The molecule has 102 valence electrons. The number of nitrogens with zero attached hydrogens (tertiary/aromatic N) is 2. The Labute approximate surface area is 116 Å². The fourth-order valence-corrected chi connectivity index (χ4v) is 1.55. The first kappa shape index (κ1) is 13.7. The third-order valence-corrected chi connectivity index (χ3v) is 2.54. The van der Waals surface area contributed by atoms with E-state index >= 15 is 0 Å². The number of rotatable bonds is 5. The second-order valence-electron chi connectivity index (χ2n) is 3.96. The molecular formula is C14H14N4O2. The Hall–Kier alpha value is -2.76. The number of amides is 2. The van der Waals surface area contributed by atoms with E-state index in [1.165, 1.54) is 0 Å². The Balaban J connectivity index is 1.72. The summed E-state index contributed by atoms with van der Waals surface area (Å²) < 4.78 is 0. The highest BCUT2D eigenvalue weighted by molar-refractivity contribution is 5.94. The minimum atomic E-state index is -0.260. The molecule has 0 saturated carbocycles. The van der Waals surface area contributed by atoms with Gasteiger partial charge in [0.2, 0.25) is 0 Å². The molecule has 2 N–H and O–H groups in total. The quantitative estimate of drug-likeness (QED) is 0.781. The molecule has 6 heteroatoms. The lowest BCUT2D eigenvalue weighted by Crippen LogP contribution is -2.34. The largest absolute Gasteiger partial charge is 0.350 e. The van der Waals surface area contributed by atoms with Crippen LogP contribution < -0.4 is 10.6 Å². The molecule has 0 spiro atoms. The molecule has 0 atom stereocenters. The summed E-state index contributed by atoms with van der Waals surface area (Å²) in [4.78, 5) is 31.1. The average molecular weight is 270 g/mol. The molecule has 0 aliphatic rings. The number of hydrogen-bond acceptors (Lipinski definition) is 4. The van der Waals surface area contributed by atoms with Gasteiger partial charge in [-0.05, 0) is 24.3 Å². The van der Waals surface area contributed by atoms with Gasteiger partial charge >= 0.3 is 0 Å². The maximum absolute atomic E-state index is 11.7. The SMILES string of the molecule is O=C(NCCNC(=O)c1ccccn1)c1ccncc1. The van der Waals surface area contributed by atoms with Crippen LogP contribution in [0.4, 0.5) is 0 Å².